The minimum atomic E-state index is -0.820. The molecule has 1 aliphatic heterocycles. The molecule has 1 heterocycles. The lowest BCUT2D eigenvalue weighted by molar-refractivity contribution is -0.131. The van der Waals surface area contributed by atoms with Crippen LogP contribution in [0, 0.1) is 0 Å². The molecule has 0 bridgehead atoms. The van der Waals surface area contributed by atoms with Gasteiger partial charge in [-0.25, -0.2) is 0 Å². The maximum absolute atomic E-state index is 12.5. The molecule has 0 aliphatic carbocycles. The van der Waals surface area contributed by atoms with Gasteiger partial charge in [-0.1, -0.05) is 12.1 Å². The molecule has 28 heavy (non-hydrogen) atoms. The van der Waals surface area contributed by atoms with Crippen molar-refractivity contribution in [3.8, 4) is 23.0 Å². The summed E-state index contributed by atoms with van der Waals surface area (Å²) in [4.78, 5) is 14.0. The van der Waals surface area contributed by atoms with Gasteiger partial charge in [0.25, 0.3) is 0 Å². The Labute approximate surface area is 164 Å². The summed E-state index contributed by atoms with van der Waals surface area (Å²) in [5.41, 5.74) is 1.67. The molecule has 2 aromatic rings. The van der Waals surface area contributed by atoms with Crippen LogP contribution in [-0.2, 0) is 11.2 Å². The van der Waals surface area contributed by atoms with Crippen molar-refractivity contribution < 1.29 is 28.8 Å². The number of aliphatic hydroxyl groups excluding tert-OH is 1. The zero-order valence-electron chi connectivity index (χ0n) is 16.3. The first kappa shape index (κ1) is 19.8. The van der Waals surface area contributed by atoms with Crippen molar-refractivity contribution >= 4 is 5.91 Å². The summed E-state index contributed by atoms with van der Waals surface area (Å²) in [6.45, 7) is 0.421. The van der Waals surface area contributed by atoms with E-state index in [2.05, 4.69) is 0 Å². The zero-order valence-corrected chi connectivity index (χ0v) is 16.3. The molecule has 0 radical (unpaired) electrons. The van der Waals surface area contributed by atoms with E-state index >= 15 is 0 Å². The average Bonchev–Trinajstić information content (AvgIpc) is 3.19. The lowest BCUT2D eigenvalue weighted by atomic mass is 10.1. The predicted octanol–water partition coefficient (Wildman–Crippen LogP) is 2.56. The number of aliphatic hydroxyl groups is 1. The minimum absolute atomic E-state index is 0.0443. The number of aryl methyl sites for hydroxylation is 1. The first-order valence-corrected chi connectivity index (χ1v) is 9.04. The maximum Gasteiger partial charge on any atom is 0.231 e. The molecule has 150 valence electrons. The molecule has 0 saturated heterocycles. The predicted molar refractivity (Wildman–Crippen MR) is 103 cm³/mol. The van der Waals surface area contributed by atoms with Crippen LogP contribution in [-0.4, -0.2) is 50.5 Å². The Bertz CT molecular complexity index is 838. The third kappa shape index (κ3) is 4.48. The molecule has 1 amide bonds. The van der Waals surface area contributed by atoms with Crippen molar-refractivity contribution in [3.63, 3.8) is 0 Å². The standard InChI is InChI=1S/C21H25NO6/c1-22(12-16(23)15-6-8-17(25-2)19(11-15)26-3)21(24)9-5-14-4-7-18-20(10-14)28-13-27-18/h4,6-8,10-11,16,23H,5,9,12-13H2,1-3H3. The van der Waals surface area contributed by atoms with Gasteiger partial charge < -0.3 is 29.0 Å². The van der Waals surface area contributed by atoms with E-state index in [0.717, 1.165) is 11.3 Å². The summed E-state index contributed by atoms with van der Waals surface area (Å²) in [5, 5.41) is 10.5. The number of hydrogen-bond donors (Lipinski definition) is 1. The second-order valence-corrected chi connectivity index (χ2v) is 6.59. The first-order valence-electron chi connectivity index (χ1n) is 9.04. The number of benzene rings is 2. The topological polar surface area (TPSA) is 77.5 Å². The van der Waals surface area contributed by atoms with Gasteiger partial charge in [-0.3, -0.25) is 4.79 Å². The van der Waals surface area contributed by atoms with Gasteiger partial charge in [0.15, 0.2) is 23.0 Å². The summed E-state index contributed by atoms with van der Waals surface area (Å²) in [6, 6.07) is 10.9. The van der Waals surface area contributed by atoms with Crippen LogP contribution in [0.15, 0.2) is 36.4 Å². The Balaban J connectivity index is 1.55. The van der Waals surface area contributed by atoms with E-state index in [0.29, 0.717) is 35.7 Å². The Kier molecular flexibility index (Phi) is 6.26. The van der Waals surface area contributed by atoms with Crippen LogP contribution in [0.1, 0.15) is 23.7 Å². The molecule has 1 aliphatic rings. The Morgan fingerprint density at radius 2 is 1.86 bits per heavy atom. The lowest BCUT2D eigenvalue weighted by Gasteiger charge is -2.22. The Morgan fingerprint density at radius 3 is 2.61 bits per heavy atom. The van der Waals surface area contributed by atoms with E-state index < -0.39 is 6.10 Å². The van der Waals surface area contributed by atoms with Gasteiger partial charge in [0.2, 0.25) is 12.7 Å². The third-order valence-electron chi connectivity index (χ3n) is 4.73. The summed E-state index contributed by atoms with van der Waals surface area (Å²) < 4.78 is 21.1. The molecular weight excluding hydrogens is 362 g/mol. The largest absolute Gasteiger partial charge is 0.493 e. The van der Waals surface area contributed by atoms with Gasteiger partial charge >= 0.3 is 0 Å². The molecule has 1 unspecified atom stereocenters. The number of methoxy groups -OCH3 is 2. The summed E-state index contributed by atoms with van der Waals surface area (Å²) in [5.74, 6) is 2.52. The molecule has 3 rings (SSSR count). The van der Waals surface area contributed by atoms with Crippen LogP contribution >= 0.6 is 0 Å². The van der Waals surface area contributed by atoms with Gasteiger partial charge in [0, 0.05) is 13.5 Å². The first-order chi connectivity index (χ1) is 13.5. The minimum Gasteiger partial charge on any atom is -0.493 e. The number of carbonyl (C=O) groups is 1. The number of ether oxygens (including phenoxy) is 4. The Morgan fingerprint density at radius 1 is 1.11 bits per heavy atom. The SMILES string of the molecule is COc1ccc(C(O)CN(C)C(=O)CCc2ccc3c(c2)OCO3)cc1OC. The van der Waals surface area contributed by atoms with Crippen molar-refractivity contribution in [1.82, 2.24) is 4.90 Å². The smallest absolute Gasteiger partial charge is 0.231 e. The number of nitrogens with zero attached hydrogens (tertiary/aromatic N) is 1. The fourth-order valence-electron chi connectivity index (χ4n) is 3.07. The maximum atomic E-state index is 12.5. The van der Waals surface area contributed by atoms with Crippen LogP contribution in [0.2, 0.25) is 0 Å². The average molecular weight is 387 g/mol. The van der Waals surface area contributed by atoms with Crippen LogP contribution in [0.3, 0.4) is 0 Å². The van der Waals surface area contributed by atoms with Crippen molar-refractivity contribution in [1.29, 1.82) is 0 Å². The van der Waals surface area contributed by atoms with Crippen molar-refractivity contribution in [3.05, 3.63) is 47.5 Å². The van der Waals surface area contributed by atoms with Crippen LogP contribution < -0.4 is 18.9 Å². The lowest BCUT2D eigenvalue weighted by Crippen LogP contribution is -2.31. The van der Waals surface area contributed by atoms with Gasteiger partial charge in [0.05, 0.1) is 26.9 Å². The van der Waals surface area contributed by atoms with Crippen LogP contribution in [0.5, 0.6) is 23.0 Å². The normalized spacial score (nSPS) is 13.1. The number of hydrogen-bond acceptors (Lipinski definition) is 6. The van der Waals surface area contributed by atoms with Crippen LogP contribution in [0.25, 0.3) is 0 Å². The zero-order chi connectivity index (χ0) is 20.1. The van der Waals surface area contributed by atoms with Gasteiger partial charge in [-0.2, -0.15) is 0 Å². The second-order valence-electron chi connectivity index (χ2n) is 6.59. The Hall–Kier alpha value is -2.93. The molecule has 1 atom stereocenters. The highest BCUT2D eigenvalue weighted by Crippen LogP contribution is 2.33. The van der Waals surface area contributed by atoms with Crippen molar-refractivity contribution in [2.45, 2.75) is 18.9 Å². The number of rotatable bonds is 8. The van der Waals surface area contributed by atoms with Gasteiger partial charge in [0.1, 0.15) is 0 Å². The molecular formula is C21H25NO6. The quantitative estimate of drug-likeness (QED) is 0.750. The van der Waals surface area contributed by atoms with Gasteiger partial charge in [-0.05, 0) is 41.8 Å². The molecule has 7 nitrogen and oxygen atoms in total. The fraction of sp³-hybridized carbons (Fsp3) is 0.381. The monoisotopic (exact) mass is 387 g/mol. The highest BCUT2D eigenvalue weighted by Gasteiger charge is 2.18. The summed E-state index contributed by atoms with van der Waals surface area (Å²) in [6.07, 6.45) is 0.112. The highest BCUT2D eigenvalue weighted by molar-refractivity contribution is 5.76. The molecule has 2 aromatic carbocycles. The van der Waals surface area contributed by atoms with Crippen LogP contribution in [0.4, 0.5) is 0 Å². The van der Waals surface area contributed by atoms with E-state index in [1.807, 2.05) is 18.2 Å². The van der Waals surface area contributed by atoms with Crippen molar-refractivity contribution in [2.24, 2.45) is 0 Å². The fourth-order valence-corrected chi connectivity index (χ4v) is 3.07. The number of fused-ring (bicyclic) bond motifs is 1. The highest BCUT2D eigenvalue weighted by atomic mass is 16.7. The molecule has 1 N–H and O–H groups in total. The molecule has 7 heteroatoms. The number of likely N-dealkylation sites (N-methyl/N-ethyl adjacent to an activating group) is 1. The molecule has 0 aromatic heterocycles. The van der Waals surface area contributed by atoms with E-state index in [1.165, 1.54) is 4.90 Å². The summed E-state index contributed by atoms with van der Waals surface area (Å²) >= 11 is 0. The molecule has 0 fully saturated rings. The van der Waals surface area contributed by atoms with E-state index in [9.17, 15) is 9.90 Å². The van der Waals surface area contributed by atoms with E-state index in [1.54, 1.807) is 39.5 Å². The second kappa shape index (κ2) is 8.84. The molecule has 0 spiro atoms. The summed E-state index contributed by atoms with van der Waals surface area (Å²) in [7, 11) is 4.78. The number of carbonyl (C=O) groups excluding carboxylic acids is 1. The van der Waals surface area contributed by atoms with E-state index in [-0.39, 0.29) is 19.2 Å². The van der Waals surface area contributed by atoms with E-state index in [4.69, 9.17) is 18.9 Å². The molecule has 0 saturated carbocycles. The number of amides is 1. The van der Waals surface area contributed by atoms with Gasteiger partial charge in [-0.15, -0.1) is 0 Å². The van der Waals surface area contributed by atoms with Crippen molar-refractivity contribution in [2.75, 3.05) is 34.6 Å². The third-order valence-corrected chi connectivity index (χ3v) is 4.73.